The number of hydrogen-bond acceptors (Lipinski definition) is 2. The number of hydrogen-bond donors (Lipinski definition) is 1. The molecule has 4 nitrogen and oxygen atoms in total. The molecule has 2 aromatic carbocycles. The molecule has 0 aliphatic carbocycles. The first-order chi connectivity index (χ1) is 9.63. The van der Waals surface area contributed by atoms with Crippen LogP contribution in [-0.2, 0) is 4.79 Å². The van der Waals surface area contributed by atoms with E-state index in [9.17, 15) is 4.79 Å². The van der Waals surface area contributed by atoms with Crippen molar-refractivity contribution in [1.29, 1.82) is 0 Å². The summed E-state index contributed by atoms with van der Waals surface area (Å²) in [5, 5.41) is 8.90. The van der Waals surface area contributed by atoms with Crippen molar-refractivity contribution >= 4 is 34.1 Å². The number of halogens is 1. The number of carbonyl (C=O) groups is 1. The van der Waals surface area contributed by atoms with E-state index in [1.165, 1.54) is 6.92 Å². The van der Waals surface area contributed by atoms with Gasteiger partial charge in [-0.05, 0) is 24.3 Å². The van der Waals surface area contributed by atoms with Gasteiger partial charge in [0.05, 0.1) is 16.9 Å². The summed E-state index contributed by atoms with van der Waals surface area (Å²) in [6.07, 6.45) is 1.91. The summed E-state index contributed by atoms with van der Waals surface area (Å²) in [7, 11) is 0. The lowest BCUT2D eigenvalue weighted by atomic mass is 10.2. The maximum atomic E-state index is 11.3. The van der Waals surface area contributed by atoms with Crippen LogP contribution < -0.4 is 5.32 Å². The minimum absolute atomic E-state index is 0.134. The van der Waals surface area contributed by atoms with Crippen molar-refractivity contribution in [2.24, 2.45) is 0 Å². The number of anilines is 1. The molecule has 0 fully saturated rings. The number of fused-ring (bicyclic) bond motifs is 1. The molecule has 3 aromatic rings. The molecule has 1 N–H and O–H groups in total. The normalized spacial score (nSPS) is 10.7. The summed E-state index contributed by atoms with van der Waals surface area (Å²) in [5.74, 6) is -0.134. The van der Waals surface area contributed by atoms with Crippen LogP contribution in [0.2, 0.25) is 5.02 Å². The summed E-state index contributed by atoms with van der Waals surface area (Å²) in [4.78, 5) is 11.3. The lowest BCUT2D eigenvalue weighted by molar-refractivity contribution is -0.114. The number of nitrogens with one attached hydrogen (secondary N) is 1. The maximum Gasteiger partial charge on any atom is 0.221 e. The van der Waals surface area contributed by atoms with Gasteiger partial charge >= 0.3 is 0 Å². The number of carbonyl (C=O) groups excluding carboxylic acids is 1. The van der Waals surface area contributed by atoms with E-state index in [4.69, 9.17) is 11.6 Å². The van der Waals surface area contributed by atoms with Crippen LogP contribution in [0.3, 0.4) is 0 Å². The number of aromatic nitrogens is 2. The predicted octanol–water partition coefficient (Wildman–Crippen LogP) is 3.64. The Kier molecular flexibility index (Phi) is 3.16. The van der Waals surface area contributed by atoms with Gasteiger partial charge in [-0.25, -0.2) is 4.68 Å². The predicted molar refractivity (Wildman–Crippen MR) is 80.4 cm³/mol. The molecule has 0 radical (unpaired) electrons. The van der Waals surface area contributed by atoms with Crippen LogP contribution in [0.25, 0.3) is 16.6 Å². The third kappa shape index (κ3) is 2.38. The molecule has 0 saturated carbocycles. The van der Waals surface area contributed by atoms with Gasteiger partial charge in [-0.2, -0.15) is 5.10 Å². The molecule has 5 heteroatoms. The van der Waals surface area contributed by atoms with Gasteiger partial charge in [0.2, 0.25) is 5.91 Å². The molecule has 0 spiro atoms. The molecule has 20 heavy (non-hydrogen) atoms. The molecule has 0 bridgehead atoms. The zero-order valence-corrected chi connectivity index (χ0v) is 11.6. The first kappa shape index (κ1) is 12.7. The second kappa shape index (κ2) is 4.98. The zero-order chi connectivity index (χ0) is 14.1. The third-order valence-electron chi connectivity index (χ3n) is 2.93. The van der Waals surface area contributed by atoms with Gasteiger partial charge in [-0.1, -0.05) is 29.8 Å². The Morgan fingerprint density at radius 2 is 2.05 bits per heavy atom. The van der Waals surface area contributed by atoms with Gasteiger partial charge in [0, 0.05) is 23.5 Å². The number of rotatable bonds is 2. The Balaban J connectivity index is 2.16. The van der Waals surface area contributed by atoms with Gasteiger partial charge < -0.3 is 5.32 Å². The lowest BCUT2D eigenvalue weighted by Gasteiger charge is -2.10. The van der Waals surface area contributed by atoms with E-state index in [1.807, 2.05) is 30.5 Å². The topological polar surface area (TPSA) is 46.9 Å². The van der Waals surface area contributed by atoms with Crippen LogP contribution in [0.4, 0.5) is 5.69 Å². The van der Waals surface area contributed by atoms with E-state index in [2.05, 4.69) is 10.4 Å². The summed E-state index contributed by atoms with van der Waals surface area (Å²) < 4.78 is 1.72. The molecule has 0 unspecified atom stereocenters. The fourth-order valence-electron chi connectivity index (χ4n) is 2.08. The first-order valence-electron chi connectivity index (χ1n) is 6.15. The van der Waals surface area contributed by atoms with E-state index >= 15 is 0 Å². The Labute approximate surface area is 121 Å². The van der Waals surface area contributed by atoms with E-state index in [0.717, 1.165) is 16.6 Å². The molecule has 0 saturated heterocycles. The first-order valence-corrected chi connectivity index (χ1v) is 6.53. The number of nitrogens with zero attached hydrogens (tertiary/aromatic N) is 2. The fraction of sp³-hybridized carbons (Fsp3) is 0.0667. The maximum absolute atomic E-state index is 11.3. The second-order valence-electron chi connectivity index (χ2n) is 4.48. The molecule has 1 heterocycles. The van der Waals surface area contributed by atoms with Crippen LogP contribution in [0.5, 0.6) is 0 Å². The van der Waals surface area contributed by atoms with Crippen molar-refractivity contribution in [3.8, 4) is 5.69 Å². The summed E-state index contributed by atoms with van der Waals surface area (Å²) >= 11 is 6.05. The smallest absolute Gasteiger partial charge is 0.221 e. The molecule has 0 atom stereocenters. The third-order valence-corrected chi connectivity index (χ3v) is 3.17. The fourth-order valence-corrected chi connectivity index (χ4v) is 2.24. The average molecular weight is 286 g/mol. The quantitative estimate of drug-likeness (QED) is 0.781. The van der Waals surface area contributed by atoms with Crippen LogP contribution in [-0.4, -0.2) is 15.7 Å². The van der Waals surface area contributed by atoms with Gasteiger partial charge in [-0.3, -0.25) is 4.79 Å². The summed E-state index contributed by atoms with van der Waals surface area (Å²) in [6.45, 7) is 1.47. The molecule has 3 rings (SSSR count). The lowest BCUT2D eigenvalue weighted by Crippen LogP contribution is -2.09. The Hall–Kier alpha value is -2.33. The zero-order valence-electron chi connectivity index (χ0n) is 10.8. The molecule has 0 aliphatic rings. The van der Waals surface area contributed by atoms with Gasteiger partial charge in [0.1, 0.15) is 0 Å². The Bertz CT molecular complexity index is 762. The van der Waals surface area contributed by atoms with E-state index in [0.29, 0.717) is 10.7 Å². The second-order valence-corrected chi connectivity index (χ2v) is 4.91. The highest BCUT2D eigenvalue weighted by Gasteiger charge is 2.09. The van der Waals surface area contributed by atoms with Crippen molar-refractivity contribution in [2.75, 3.05) is 5.32 Å². The SMILES string of the molecule is CC(=O)Nc1ccc(Cl)cc1-n1cc2ccccc2n1. The Morgan fingerprint density at radius 1 is 1.25 bits per heavy atom. The van der Waals surface area contributed by atoms with Crippen molar-refractivity contribution in [2.45, 2.75) is 6.92 Å². The van der Waals surface area contributed by atoms with Gasteiger partial charge in [0.15, 0.2) is 0 Å². The van der Waals surface area contributed by atoms with Gasteiger partial charge in [0.25, 0.3) is 0 Å². The highest BCUT2D eigenvalue weighted by atomic mass is 35.5. The van der Waals surface area contributed by atoms with Crippen LogP contribution in [0, 0.1) is 0 Å². The summed E-state index contributed by atoms with van der Waals surface area (Å²) in [5.41, 5.74) is 2.31. The minimum atomic E-state index is -0.134. The Morgan fingerprint density at radius 3 is 2.80 bits per heavy atom. The van der Waals surface area contributed by atoms with Crippen LogP contribution in [0.15, 0.2) is 48.7 Å². The molecule has 100 valence electrons. The minimum Gasteiger partial charge on any atom is -0.324 e. The molecule has 1 aromatic heterocycles. The molecular formula is C15H12ClN3O. The molecule has 1 amide bonds. The van der Waals surface area contributed by atoms with Crippen molar-refractivity contribution < 1.29 is 4.79 Å². The van der Waals surface area contributed by atoms with E-state index in [1.54, 1.807) is 22.9 Å². The van der Waals surface area contributed by atoms with Gasteiger partial charge in [-0.15, -0.1) is 0 Å². The number of amides is 1. The highest BCUT2D eigenvalue weighted by Crippen LogP contribution is 2.25. The van der Waals surface area contributed by atoms with E-state index in [-0.39, 0.29) is 5.91 Å². The van der Waals surface area contributed by atoms with Crippen molar-refractivity contribution in [1.82, 2.24) is 9.78 Å². The number of benzene rings is 2. The molecule has 0 aliphatic heterocycles. The molecular weight excluding hydrogens is 274 g/mol. The largest absolute Gasteiger partial charge is 0.324 e. The average Bonchev–Trinajstić information content (AvgIpc) is 2.84. The van der Waals surface area contributed by atoms with Crippen molar-refractivity contribution in [3.63, 3.8) is 0 Å². The highest BCUT2D eigenvalue weighted by molar-refractivity contribution is 6.30. The standard InChI is InChI=1S/C15H12ClN3O/c1-10(20)17-14-7-6-12(16)8-15(14)19-9-11-4-2-3-5-13(11)18-19/h2-9H,1H3,(H,17,20). The van der Waals surface area contributed by atoms with Crippen LogP contribution >= 0.6 is 11.6 Å². The van der Waals surface area contributed by atoms with Crippen molar-refractivity contribution in [3.05, 3.63) is 53.7 Å². The van der Waals surface area contributed by atoms with E-state index < -0.39 is 0 Å². The summed E-state index contributed by atoms with van der Waals surface area (Å²) in [6, 6.07) is 13.1. The van der Waals surface area contributed by atoms with Crippen LogP contribution in [0.1, 0.15) is 6.92 Å². The monoisotopic (exact) mass is 285 g/mol.